The Morgan fingerprint density at radius 1 is 1.78 bits per heavy atom. The van der Waals surface area contributed by atoms with Crippen LogP contribution in [0.1, 0.15) is 0 Å². The van der Waals surface area contributed by atoms with Gasteiger partial charge in [-0.3, -0.25) is 0 Å². The summed E-state index contributed by atoms with van der Waals surface area (Å²) in [6, 6.07) is -0.928. The maximum absolute atomic E-state index is 9.86. The van der Waals surface area contributed by atoms with Crippen LogP contribution in [0.15, 0.2) is 5.18 Å². The Balaban J connectivity index is 2.57. The highest BCUT2D eigenvalue weighted by atomic mass is 16.3. The molecule has 5 heteroatoms. The number of hydrogen-bond donors (Lipinski definition) is 2. The lowest BCUT2D eigenvalue weighted by Gasteiger charge is -1.97. The molecule has 1 aliphatic carbocycles. The van der Waals surface area contributed by atoms with Gasteiger partial charge >= 0.3 is 0 Å². The molecule has 0 saturated heterocycles. The summed E-state index contributed by atoms with van der Waals surface area (Å²) >= 11 is 0. The molecule has 9 heavy (non-hydrogen) atoms. The molecule has 5 nitrogen and oxygen atoms in total. The van der Waals surface area contributed by atoms with Gasteiger partial charge in [0.2, 0.25) is 0 Å². The van der Waals surface area contributed by atoms with Crippen molar-refractivity contribution in [1.82, 2.24) is 0 Å². The van der Waals surface area contributed by atoms with Crippen molar-refractivity contribution < 1.29 is 5.11 Å². The largest absolute Gasteiger partial charge is 0.444 e. The van der Waals surface area contributed by atoms with Crippen molar-refractivity contribution in [1.29, 1.82) is 0 Å². The number of nitrogens with zero attached hydrogens (tertiary/aromatic N) is 1. The maximum atomic E-state index is 9.86. The van der Waals surface area contributed by atoms with Gasteiger partial charge in [-0.25, -0.2) is 0 Å². The summed E-state index contributed by atoms with van der Waals surface area (Å²) in [4.78, 5) is 9.86. The summed E-state index contributed by atoms with van der Waals surface area (Å²) in [5, 5.41) is 9.56. The SMILES string of the molecule is NC1C(N=O)C1(N)C[OH2+]. The molecule has 3 atom stereocenters. The molecule has 1 saturated carbocycles. The van der Waals surface area contributed by atoms with E-state index < -0.39 is 17.6 Å². The molecule has 6 N–H and O–H groups in total. The second kappa shape index (κ2) is 1.73. The van der Waals surface area contributed by atoms with Crippen LogP contribution in [0.25, 0.3) is 0 Å². The van der Waals surface area contributed by atoms with E-state index in [1.807, 2.05) is 0 Å². The summed E-state index contributed by atoms with van der Waals surface area (Å²) in [6.45, 7) is -0.0232. The van der Waals surface area contributed by atoms with Crippen LogP contribution in [0.4, 0.5) is 0 Å². The first kappa shape index (κ1) is 6.60. The average molecular weight is 132 g/mol. The van der Waals surface area contributed by atoms with E-state index in [2.05, 4.69) is 5.18 Å². The van der Waals surface area contributed by atoms with Crippen LogP contribution in [0, 0.1) is 4.91 Å². The van der Waals surface area contributed by atoms with Gasteiger partial charge in [0, 0.05) is 0 Å². The molecule has 0 bridgehead atoms. The van der Waals surface area contributed by atoms with Gasteiger partial charge in [0.1, 0.15) is 11.6 Å². The van der Waals surface area contributed by atoms with E-state index in [1.165, 1.54) is 0 Å². The topological polar surface area (TPSA) is 104 Å². The Hall–Kier alpha value is -0.520. The number of hydrogen-bond acceptors (Lipinski definition) is 4. The van der Waals surface area contributed by atoms with Gasteiger partial charge in [-0.05, 0) is 0 Å². The molecule has 0 aromatic rings. The predicted octanol–water partition coefficient (Wildman–Crippen LogP) is -2.12. The van der Waals surface area contributed by atoms with E-state index in [-0.39, 0.29) is 6.61 Å². The normalized spacial score (nSPS) is 48.8. The Morgan fingerprint density at radius 2 is 2.33 bits per heavy atom. The van der Waals surface area contributed by atoms with Crippen molar-refractivity contribution in [2.75, 3.05) is 6.61 Å². The molecule has 0 amide bonds. The van der Waals surface area contributed by atoms with Crippen LogP contribution >= 0.6 is 0 Å². The lowest BCUT2D eigenvalue weighted by Crippen LogP contribution is -2.35. The minimum Gasteiger partial charge on any atom is -0.444 e. The molecule has 52 valence electrons. The molecule has 0 aliphatic heterocycles. The van der Waals surface area contributed by atoms with Gasteiger partial charge in [0.25, 0.3) is 0 Å². The zero-order valence-corrected chi connectivity index (χ0v) is 4.87. The fourth-order valence-corrected chi connectivity index (χ4v) is 0.854. The third kappa shape index (κ3) is 0.658. The van der Waals surface area contributed by atoms with Gasteiger partial charge in [0.05, 0.1) is 6.04 Å². The highest BCUT2D eigenvalue weighted by molar-refractivity contribution is 5.25. The quantitative estimate of drug-likeness (QED) is 0.331. The smallest absolute Gasteiger partial charge is 0.166 e. The first-order valence-corrected chi connectivity index (χ1v) is 2.68. The van der Waals surface area contributed by atoms with Gasteiger partial charge < -0.3 is 16.6 Å². The maximum Gasteiger partial charge on any atom is 0.166 e. The second-order valence-corrected chi connectivity index (χ2v) is 2.37. The van der Waals surface area contributed by atoms with Gasteiger partial charge in [-0.2, -0.15) is 4.91 Å². The van der Waals surface area contributed by atoms with Crippen LogP contribution in [-0.2, 0) is 0 Å². The van der Waals surface area contributed by atoms with E-state index in [0.717, 1.165) is 0 Å². The molecule has 0 aromatic heterocycles. The van der Waals surface area contributed by atoms with Crippen LogP contribution in [0.3, 0.4) is 0 Å². The van der Waals surface area contributed by atoms with E-state index in [9.17, 15) is 4.91 Å². The summed E-state index contributed by atoms with van der Waals surface area (Å²) in [6.07, 6.45) is 0. The number of nitroso groups, excluding NO2 is 1. The predicted molar refractivity (Wildman–Crippen MR) is 33.0 cm³/mol. The van der Waals surface area contributed by atoms with Gasteiger partial charge in [0.15, 0.2) is 6.61 Å². The highest BCUT2D eigenvalue weighted by Crippen LogP contribution is 2.34. The van der Waals surface area contributed by atoms with Crippen molar-refractivity contribution in [3.05, 3.63) is 4.91 Å². The molecular weight excluding hydrogens is 122 g/mol. The number of nitrogens with two attached hydrogens (primary N) is 2. The molecule has 0 spiro atoms. The van der Waals surface area contributed by atoms with E-state index in [1.54, 1.807) is 0 Å². The molecular formula is C4H10N3O2+. The van der Waals surface area contributed by atoms with E-state index >= 15 is 0 Å². The second-order valence-electron chi connectivity index (χ2n) is 2.37. The first-order valence-electron chi connectivity index (χ1n) is 2.68. The molecule has 1 aliphatic rings. The van der Waals surface area contributed by atoms with E-state index in [0.29, 0.717) is 0 Å². The highest BCUT2D eigenvalue weighted by Gasteiger charge is 2.64. The summed E-state index contributed by atoms with van der Waals surface area (Å²) in [5.41, 5.74) is 9.95. The lowest BCUT2D eigenvalue weighted by molar-refractivity contribution is 0.250. The van der Waals surface area contributed by atoms with Gasteiger partial charge in [-0.15, -0.1) is 0 Å². The first-order chi connectivity index (χ1) is 4.16. The van der Waals surface area contributed by atoms with E-state index in [4.69, 9.17) is 16.6 Å². The molecule has 0 radical (unpaired) electrons. The summed E-state index contributed by atoms with van der Waals surface area (Å²) in [7, 11) is 0. The van der Waals surface area contributed by atoms with Crippen molar-refractivity contribution in [3.63, 3.8) is 0 Å². The minimum absolute atomic E-state index is 0.0232. The van der Waals surface area contributed by atoms with Crippen LogP contribution in [-0.4, -0.2) is 29.3 Å². The van der Waals surface area contributed by atoms with Gasteiger partial charge in [-0.1, -0.05) is 5.18 Å². The molecule has 1 fully saturated rings. The zero-order chi connectivity index (χ0) is 7.07. The number of rotatable bonds is 2. The summed E-state index contributed by atoms with van der Waals surface area (Å²) < 4.78 is 0. The Morgan fingerprint density at radius 3 is 2.44 bits per heavy atom. The van der Waals surface area contributed by atoms with Crippen molar-refractivity contribution in [2.45, 2.75) is 17.6 Å². The van der Waals surface area contributed by atoms with Crippen molar-refractivity contribution in [3.8, 4) is 0 Å². The molecule has 3 unspecified atom stereocenters. The van der Waals surface area contributed by atoms with Crippen LogP contribution in [0.5, 0.6) is 0 Å². The van der Waals surface area contributed by atoms with Crippen molar-refractivity contribution in [2.24, 2.45) is 16.6 Å². The third-order valence-electron chi connectivity index (χ3n) is 1.82. The minimum atomic E-state index is -0.818. The average Bonchev–Trinajstić information content (AvgIpc) is 2.38. The Kier molecular flexibility index (Phi) is 1.27. The lowest BCUT2D eigenvalue weighted by atomic mass is 10.3. The summed E-state index contributed by atoms with van der Waals surface area (Å²) in [5.74, 6) is 0. The Bertz CT molecular complexity index is 140. The van der Waals surface area contributed by atoms with Crippen LogP contribution in [0.2, 0.25) is 0 Å². The molecule has 0 heterocycles. The fourth-order valence-electron chi connectivity index (χ4n) is 0.854. The molecule has 0 aromatic carbocycles. The Labute approximate surface area is 52.0 Å². The standard InChI is InChI=1S/C4H9N3O2/c5-2-3(7-9)4(2,6)1-8/h2-3,8H,1,5-6H2/p+1. The zero-order valence-electron chi connectivity index (χ0n) is 4.87. The molecule has 1 rings (SSSR count). The van der Waals surface area contributed by atoms with Crippen LogP contribution < -0.4 is 11.5 Å². The monoisotopic (exact) mass is 132 g/mol. The fraction of sp³-hybridized carbons (Fsp3) is 1.00. The third-order valence-corrected chi connectivity index (χ3v) is 1.82. The van der Waals surface area contributed by atoms with Crippen molar-refractivity contribution >= 4 is 0 Å².